The van der Waals surface area contributed by atoms with E-state index in [0.29, 0.717) is 36.8 Å². The number of benzene rings is 2. The van der Waals surface area contributed by atoms with Gasteiger partial charge in [0.25, 0.3) is 11.7 Å². The zero-order chi connectivity index (χ0) is 23.3. The van der Waals surface area contributed by atoms with Crippen molar-refractivity contribution >= 4 is 17.4 Å². The summed E-state index contributed by atoms with van der Waals surface area (Å²) in [5.41, 5.74) is 1.15. The number of rotatable bonds is 9. The molecule has 1 saturated heterocycles. The number of ketones is 1. The Morgan fingerprint density at radius 2 is 1.78 bits per heavy atom. The van der Waals surface area contributed by atoms with Crippen LogP contribution in [-0.4, -0.2) is 67.5 Å². The maximum atomic E-state index is 13.1. The molecule has 2 aromatic rings. The quantitative estimate of drug-likeness (QED) is 0.367. The predicted octanol–water partition coefficient (Wildman–Crippen LogP) is 3.47. The lowest BCUT2D eigenvalue weighted by molar-refractivity contribution is -0.140. The van der Waals surface area contributed by atoms with Gasteiger partial charge in [0.2, 0.25) is 0 Å². The number of aliphatic hydroxyl groups excluding tert-OH is 1. The van der Waals surface area contributed by atoms with Crippen LogP contribution in [0.1, 0.15) is 30.5 Å². The first kappa shape index (κ1) is 23.3. The molecular formula is C25H30N2O5. The van der Waals surface area contributed by atoms with Gasteiger partial charge in [0, 0.05) is 13.1 Å². The first-order chi connectivity index (χ1) is 15.4. The lowest BCUT2D eigenvalue weighted by Gasteiger charge is -2.26. The van der Waals surface area contributed by atoms with Gasteiger partial charge >= 0.3 is 0 Å². The Labute approximate surface area is 188 Å². The molecule has 7 heteroatoms. The van der Waals surface area contributed by atoms with Crippen molar-refractivity contribution in [1.29, 1.82) is 0 Å². The van der Waals surface area contributed by atoms with E-state index in [1.54, 1.807) is 24.3 Å². The smallest absolute Gasteiger partial charge is 0.295 e. The zero-order valence-corrected chi connectivity index (χ0v) is 19.0. The average Bonchev–Trinajstić information content (AvgIpc) is 3.06. The van der Waals surface area contributed by atoms with Crippen LogP contribution in [0.25, 0.3) is 5.76 Å². The normalized spacial score (nSPS) is 17.8. The van der Waals surface area contributed by atoms with Gasteiger partial charge in [0.05, 0.1) is 30.9 Å². The summed E-state index contributed by atoms with van der Waals surface area (Å²) < 4.78 is 11.0. The minimum absolute atomic E-state index is 0.0560. The molecule has 1 amide bonds. The molecule has 1 N–H and O–H groups in total. The third kappa shape index (κ3) is 4.78. The van der Waals surface area contributed by atoms with Gasteiger partial charge in [-0.3, -0.25) is 9.59 Å². The number of aliphatic hydroxyl groups is 1. The van der Waals surface area contributed by atoms with Crippen LogP contribution in [0.5, 0.6) is 11.5 Å². The molecule has 1 unspecified atom stereocenters. The highest BCUT2D eigenvalue weighted by atomic mass is 16.5. The number of likely N-dealkylation sites (N-methyl/N-ethyl adjacent to an activating group) is 1. The monoisotopic (exact) mass is 438 g/mol. The van der Waals surface area contributed by atoms with Crippen molar-refractivity contribution in [2.24, 2.45) is 0 Å². The van der Waals surface area contributed by atoms with Crippen LogP contribution >= 0.6 is 0 Å². The van der Waals surface area contributed by atoms with Crippen molar-refractivity contribution in [3.63, 3.8) is 0 Å². The Bertz CT molecular complexity index is 998. The Morgan fingerprint density at radius 3 is 2.41 bits per heavy atom. The summed E-state index contributed by atoms with van der Waals surface area (Å²) in [6.07, 6.45) is 0.894. The highest BCUT2D eigenvalue weighted by Crippen LogP contribution is 2.41. The van der Waals surface area contributed by atoms with Crippen molar-refractivity contribution in [1.82, 2.24) is 9.80 Å². The zero-order valence-electron chi connectivity index (χ0n) is 19.0. The summed E-state index contributed by atoms with van der Waals surface area (Å²) in [7, 11) is 5.30. The number of para-hydroxylation sites is 1. The molecule has 170 valence electrons. The maximum Gasteiger partial charge on any atom is 0.295 e. The van der Waals surface area contributed by atoms with E-state index in [9.17, 15) is 14.7 Å². The van der Waals surface area contributed by atoms with Gasteiger partial charge in [-0.25, -0.2) is 0 Å². The summed E-state index contributed by atoms with van der Waals surface area (Å²) in [6.45, 7) is 3.56. The topological polar surface area (TPSA) is 79.3 Å². The van der Waals surface area contributed by atoms with Crippen LogP contribution in [0.3, 0.4) is 0 Å². The molecule has 1 aliphatic rings. The second-order valence-electron chi connectivity index (χ2n) is 7.91. The molecule has 2 aromatic carbocycles. The van der Waals surface area contributed by atoms with Gasteiger partial charge in [0.15, 0.2) is 0 Å². The fourth-order valence-electron chi connectivity index (χ4n) is 3.72. The number of hydrogen-bond donors (Lipinski definition) is 1. The van der Waals surface area contributed by atoms with E-state index in [1.807, 2.05) is 50.2 Å². The number of carbonyl (C=O) groups is 2. The summed E-state index contributed by atoms with van der Waals surface area (Å²) in [6, 6.07) is 13.5. The Balaban J connectivity index is 2.11. The minimum atomic E-state index is -0.708. The fraction of sp³-hybridized carbons (Fsp3) is 0.360. The number of amides is 1. The largest absolute Gasteiger partial charge is 0.507 e. The molecule has 1 atom stereocenters. The van der Waals surface area contributed by atoms with Crippen molar-refractivity contribution in [3.05, 3.63) is 65.2 Å². The van der Waals surface area contributed by atoms with Gasteiger partial charge in [-0.15, -0.1) is 0 Å². The van der Waals surface area contributed by atoms with Gasteiger partial charge in [-0.05, 0) is 50.3 Å². The van der Waals surface area contributed by atoms with Crippen molar-refractivity contribution in [3.8, 4) is 11.5 Å². The summed E-state index contributed by atoms with van der Waals surface area (Å²) in [4.78, 5) is 29.5. The third-order valence-corrected chi connectivity index (χ3v) is 5.36. The fourth-order valence-corrected chi connectivity index (χ4v) is 3.72. The molecule has 0 aliphatic carbocycles. The molecule has 0 saturated carbocycles. The van der Waals surface area contributed by atoms with E-state index in [0.717, 1.165) is 12.0 Å². The van der Waals surface area contributed by atoms with Crippen LogP contribution in [0, 0.1) is 0 Å². The molecule has 0 bridgehead atoms. The average molecular weight is 439 g/mol. The molecule has 0 aromatic heterocycles. The first-order valence-electron chi connectivity index (χ1n) is 10.7. The molecule has 1 aliphatic heterocycles. The Kier molecular flexibility index (Phi) is 7.53. The Morgan fingerprint density at radius 1 is 1.09 bits per heavy atom. The molecule has 3 rings (SSSR count). The van der Waals surface area contributed by atoms with Gasteiger partial charge in [0.1, 0.15) is 17.3 Å². The van der Waals surface area contributed by atoms with Crippen molar-refractivity contribution in [2.45, 2.75) is 19.4 Å². The third-order valence-electron chi connectivity index (χ3n) is 5.36. The van der Waals surface area contributed by atoms with E-state index in [1.165, 1.54) is 12.0 Å². The molecule has 32 heavy (non-hydrogen) atoms. The van der Waals surface area contributed by atoms with E-state index in [-0.39, 0.29) is 11.3 Å². The molecule has 0 spiro atoms. The minimum Gasteiger partial charge on any atom is -0.507 e. The predicted molar refractivity (Wildman–Crippen MR) is 123 cm³/mol. The maximum absolute atomic E-state index is 13.1. The van der Waals surface area contributed by atoms with Crippen LogP contribution in [-0.2, 0) is 9.59 Å². The number of ether oxygens (including phenoxy) is 2. The number of Topliss-reactive ketones (excluding diaryl/α,β-unsaturated/α-hetero) is 1. The van der Waals surface area contributed by atoms with Gasteiger partial charge in [-0.1, -0.05) is 31.2 Å². The second kappa shape index (κ2) is 10.3. The van der Waals surface area contributed by atoms with E-state index in [4.69, 9.17) is 9.47 Å². The highest BCUT2D eigenvalue weighted by Gasteiger charge is 2.46. The molecule has 1 fully saturated rings. The lowest BCUT2D eigenvalue weighted by atomic mass is 9.95. The molecule has 7 nitrogen and oxygen atoms in total. The van der Waals surface area contributed by atoms with E-state index in [2.05, 4.69) is 0 Å². The van der Waals surface area contributed by atoms with Crippen LogP contribution in [0.2, 0.25) is 0 Å². The van der Waals surface area contributed by atoms with Crippen LogP contribution in [0.15, 0.2) is 54.1 Å². The highest BCUT2D eigenvalue weighted by molar-refractivity contribution is 6.46. The first-order valence-corrected chi connectivity index (χ1v) is 10.7. The lowest BCUT2D eigenvalue weighted by Crippen LogP contribution is -2.35. The van der Waals surface area contributed by atoms with Crippen LogP contribution in [0.4, 0.5) is 0 Å². The SMILES string of the molecule is CCCOc1ccc(C2/C(=C(\O)c3ccccc3OC)C(=O)C(=O)N2CCN(C)C)cc1. The second-order valence-corrected chi connectivity index (χ2v) is 7.91. The number of hydrogen-bond acceptors (Lipinski definition) is 6. The number of methoxy groups -OCH3 is 1. The van der Waals surface area contributed by atoms with Gasteiger partial charge < -0.3 is 24.4 Å². The van der Waals surface area contributed by atoms with E-state index >= 15 is 0 Å². The van der Waals surface area contributed by atoms with Gasteiger partial charge in [-0.2, -0.15) is 0 Å². The van der Waals surface area contributed by atoms with Crippen molar-refractivity contribution in [2.75, 3.05) is 40.9 Å². The molecule has 0 radical (unpaired) electrons. The standard InChI is InChI=1S/C25H30N2O5/c1-5-16-32-18-12-10-17(11-13-18)22-21(23(28)19-8-6-7-9-20(19)31-4)24(29)25(30)27(22)15-14-26(2)3/h6-13,22,28H,5,14-16H2,1-4H3/b23-21+. The summed E-state index contributed by atoms with van der Waals surface area (Å²) in [5.74, 6) is -0.440. The number of carbonyl (C=O) groups excluding carboxylic acids is 2. The van der Waals surface area contributed by atoms with Crippen molar-refractivity contribution < 1.29 is 24.2 Å². The summed E-state index contributed by atoms with van der Waals surface area (Å²) >= 11 is 0. The number of likely N-dealkylation sites (tertiary alicyclic amines) is 1. The number of nitrogens with zero attached hydrogens (tertiary/aromatic N) is 2. The molecule has 1 heterocycles. The summed E-state index contributed by atoms with van der Waals surface area (Å²) in [5, 5.41) is 11.2. The van der Waals surface area contributed by atoms with E-state index < -0.39 is 17.7 Å². The Hall–Kier alpha value is -3.32. The van der Waals surface area contributed by atoms with Crippen LogP contribution < -0.4 is 9.47 Å². The molecular weight excluding hydrogens is 408 g/mol.